The van der Waals surface area contributed by atoms with Crippen LogP contribution in [-0.2, 0) is 0 Å². The van der Waals surface area contributed by atoms with Crippen molar-refractivity contribution in [3.63, 3.8) is 0 Å². The number of rotatable bonds is 2. The van der Waals surface area contributed by atoms with Crippen molar-refractivity contribution in [1.82, 2.24) is 0 Å². The van der Waals surface area contributed by atoms with Crippen molar-refractivity contribution in [1.29, 1.82) is 0 Å². The molecule has 0 saturated carbocycles. The van der Waals surface area contributed by atoms with Gasteiger partial charge < -0.3 is 0 Å². The third-order valence-corrected chi connectivity index (χ3v) is 7.38. The van der Waals surface area contributed by atoms with Crippen LogP contribution in [0.1, 0.15) is 20.1 Å². The lowest BCUT2D eigenvalue weighted by atomic mass is 10.1. The molecule has 92 valence electrons. The summed E-state index contributed by atoms with van der Waals surface area (Å²) in [6.07, 6.45) is 0. The summed E-state index contributed by atoms with van der Waals surface area (Å²) in [4.78, 5) is 2.96. The van der Waals surface area contributed by atoms with E-state index in [2.05, 4.69) is 74.5 Å². The second kappa shape index (κ2) is 5.08. The Morgan fingerprint density at radius 1 is 1.22 bits per heavy atom. The van der Waals surface area contributed by atoms with Crippen LogP contribution in [0.2, 0.25) is 0 Å². The maximum atomic E-state index is 3.84. The van der Waals surface area contributed by atoms with Crippen molar-refractivity contribution in [2.45, 2.75) is 11.8 Å². The first kappa shape index (κ1) is 12.9. The van der Waals surface area contributed by atoms with Crippen molar-refractivity contribution in [3.05, 3.63) is 55.5 Å². The minimum Gasteiger partial charge on any atom is -0.143 e. The van der Waals surface area contributed by atoms with E-state index in [0.29, 0.717) is 0 Å². The minimum atomic E-state index is 0.281. The summed E-state index contributed by atoms with van der Waals surface area (Å²) in [5.41, 5.74) is 1.37. The fraction of sp³-hybridized carbons (Fsp3) is 0.143. The molecule has 1 unspecified atom stereocenters. The van der Waals surface area contributed by atoms with Gasteiger partial charge in [-0.1, -0.05) is 34.1 Å². The normalized spacial score (nSPS) is 13.1. The maximum Gasteiger partial charge on any atom is 0.0752 e. The monoisotopic (exact) mass is 400 g/mol. The van der Waals surface area contributed by atoms with Gasteiger partial charge in [-0.05, 0) is 51.3 Å². The van der Waals surface area contributed by atoms with E-state index in [9.17, 15) is 0 Å². The number of halogens is 2. The summed E-state index contributed by atoms with van der Waals surface area (Å²) in [5, 5.41) is 3.61. The Morgan fingerprint density at radius 2 is 2.00 bits per heavy atom. The maximum absolute atomic E-state index is 3.84. The molecule has 0 aliphatic carbocycles. The Labute approximate surface area is 131 Å². The molecular formula is C14H10Br2S2. The van der Waals surface area contributed by atoms with Crippen LogP contribution in [0, 0.1) is 6.92 Å². The molecule has 18 heavy (non-hydrogen) atoms. The van der Waals surface area contributed by atoms with Crippen LogP contribution >= 0.6 is 54.5 Å². The van der Waals surface area contributed by atoms with Crippen LogP contribution in [0.15, 0.2) is 40.2 Å². The zero-order valence-corrected chi connectivity index (χ0v) is 14.4. The van der Waals surface area contributed by atoms with Crippen molar-refractivity contribution in [2.75, 3.05) is 0 Å². The van der Waals surface area contributed by atoms with Gasteiger partial charge in [-0.25, -0.2) is 0 Å². The summed E-state index contributed by atoms with van der Waals surface area (Å²) < 4.78 is 2.55. The first-order valence-corrected chi connectivity index (χ1v) is 8.93. The van der Waals surface area contributed by atoms with Crippen LogP contribution in [0.4, 0.5) is 0 Å². The predicted molar refractivity (Wildman–Crippen MR) is 89.4 cm³/mol. The van der Waals surface area contributed by atoms with Gasteiger partial charge in [0.2, 0.25) is 0 Å². The molecule has 0 N–H and O–H groups in total. The van der Waals surface area contributed by atoms with Crippen molar-refractivity contribution < 1.29 is 0 Å². The molecule has 0 bridgehead atoms. The van der Waals surface area contributed by atoms with Crippen LogP contribution < -0.4 is 0 Å². The molecule has 0 aliphatic rings. The largest absolute Gasteiger partial charge is 0.143 e. The Hall–Kier alpha value is -0.160. The number of benzene rings is 1. The topological polar surface area (TPSA) is 0 Å². The predicted octanol–water partition coefficient (Wildman–Crippen LogP) is 6.52. The number of thiophene rings is 2. The summed E-state index contributed by atoms with van der Waals surface area (Å²) in [6.45, 7) is 2.14. The average molecular weight is 402 g/mol. The van der Waals surface area contributed by atoms with Gasteiger partial charge in [-0.15, -0.1) is 22.7 Å². The Morgan fingerprint density at radius 3 is 2.72 bits per heavy atom. The highest BCUT2D eigenvalue weighted by Crippen LogP contribution is 2.42. The molecule has 0 nitrogen and oxygen atoms in total. The van der Waals surface area contributed by atoms with Crippen LogP contribution in [0.5, 0.6) is 0 Å². The fourth-order valence-electron chi connectivity index (χ4n) is 1.95. The lowest BCUT2D eigenvalue weighted by Gasteiger charge is -2.06. The molecule has 0 aliphatic heterocycles. The van der Waals surface area contributed by atoms with Crippen LogP contribution in [-0.4, -0.2) is 0 Å². The van der Waals surface area contributed by atoms with E-state index >= 15 is 0 Å². The zero-order chi connectivity index (χ0) is 12.7. The minimum absolute atomic E-state index is 0.281. The summed E-state index contributed by atoms with van der Waals surface area (Å²) >= 11 is 11.1. The molecule has 2 aromatic heterocycles. The van der Waals surface area contributed by atoms with Crippen molar-refractivity contribution in [2.24, 2.45) is 0 Å². The van der Waals surface area contributed by atoms with Gasteiger partial charge in [-0.2, -0.15) is 0 Å². The average Bonchev–Trinajstić information content (AvgIpc) is 2.93. The lowest BCUT2D eigenvalue weighted by molar-refractivity contribution is 1.26. The molecule has 4 heteroatoms. The van der Waals surface area contributed by atoms with Crippen LogP contribution in [0.3, 0.4) is 0 Å². The highest BCUT2D eigenvalue weighted by Gasteiger charge is 2.17. The molecule has 0 fully saturated rings. The number of alkyl halides is 1. The summed E-state index contributed by atoms with van der Waals surface area (Å²) in [7, 11) is 0. The standard InChI is InChI=1S/C14H10Br2S2/c1-8-11(15)6-13(18-8)14(16)10-7-17-12-5-3-2-4-9(10)12/h2-7,14H,1H3. The van der Waals surface area contributed by atoms with Gasteiger partial charge in [0.15, 0.2) is 0 Å². The van der Waals surface area contributed by atoms with Gasteiger partial charge in [0, 0.05) is 18.9 Å². The van der Waals surface area contributed by atoms with Crippen molar-refractivity contribution in [3.8, 4) is 0 Å². The molecule has 0 saturated heterocycles. The Bertz CT molecular complexity index is 677. The third kappa shape index (κ3) is 2.20. The lowest BCUT2D eigenvalue weighted by Crippen LogP contribution is -1.86. The second-order valence-electron chi connectivity index (χ2n) is 4.10. The molecular weight excluding hydrogens is 392 g/mol. The quantitative estimate of drug-likeness (QED) is 0.429. The summed E-state index contributed by atoms with van der Waals surface area (Å²) in [6, 6.07) is 10.8. The van der Waals surface area contributed by atoms with Gasteiger partial charge in [0.05, 0.1) is 4.83 Å². The molecule has 1 aromatic carbocycles. The van der Waals surface area contributed by atoms with E-state index in [1.807, 2.05) is 22.7 Å². The van der Waals surface area contributed by atoms with Gasteiger partial charge in [0.25, 0.3) is 0 Å². The van der Waals surface area contributed by atoms with Crippen LogP contribution in [0.25, 0.3) is 10.1 Å². The second-order valence-corrected chi connectivity index (χ2v) is 8.07. The summed E-state index contributed by atoms with van der Waals surface area (Å²) in [5.74, 6) is 0. The van der Waals surface area contributed by atoms with E-state index in [1.54, 1.807) is 0 Å². The third-order valence-electron chi connectivity index (χ3n) is 2.91. The van der Waals surface area contributed by atoms with E-state index in [4.69, 9.17) is 0 Å². The number of hydrogen-bond donors (Lipinski definition) is 0. The first-order chi connectivity index (χ1) is 8.66. The van der Waals surface area contributed by atoms with Gasteiger partial charge >= 0.3 is 0 Å². The fourth-order valence-corrected chi connectivity index (χ4v) is 5.47. The molecule has 0 amide bonds. The Kier molecular flexibility index (Phi) is 3.63. The molecule has 3 rings (SSSR count). The number of fused-ring (bicyclic) bond motifs is 1. The van der Waals surface area contributed by atoms with E-state index in [0.717, 1.165) is 0 Å². The zero-order valence-electron chi connectivity index (χ0n) is 9.61. The van der Waals surface area contributed by atoms with E-state index in [-0.39, 0.29) is 4.83 Å². The van der Waals surface area contributed by atoms with Gasteiger partial charge in [-0.3, -0.25) is 0 Å². The van der Waals surface area contributed by atoms with Crippen molar-refractivity contribution >= 4 is 64.6 Å². The molecule has 0 spiro atoms. The van der Waals surface area contributed by atoms with E-state index < -0.39 is 0 Å². The molecule has 2 heterocycles. The number of aryl methyl sites for hydroxylation is 1. The molecule has 0 radical (unpaired) electrons. The van der Waals surface area contributed by atoms with E-state index in [1.165, 1.54) is 29.9 Å². The smallest absolute Gasteiger partial charge is 0.0752 e. The Balaban J connectivity index is 2.09. The first-order valence-electron chi connectivity index (χ1n) is 5.53. The number of hydrogen-bond acceptors (Lipinski definition) is 2. The van der Waals surface area contributed by atoms with Gasteiger partial charge in [0.1, 0.15) is 0 Å². The molecule has 1 atom stereocenters. The SMILES string of the molecule is Cc1sc(C(Br)c2csc3ccccc23)cc1Br. The highest BCUT2D eigenvalue weighted by atomic mass is 79.9. The molecule has 3 aromatic rings. The highest BCUT2D eigenvalue weighted by molar-refractivity contribution is 9.10.